The topological polar surface area (TPSA) is 50.4 Å². The first kappa shape index (κ1) is 11.2. The molecule has 0 aliphatic carbocycles. The molecule has 0 spiro atoms. The van der Waals surface area contributed by atoms with Crippen molar-refractivity contribution in [1.29, 1.82) is 0 Å². The smallest absolute Gasteiger partial charge is 0.408 e. The fourth-order valence-electron chi connectivity index (χ4n) is 0.574. The Balaban J connectivity index is 3.47. The van der Waals surface area contributed by atoms with E-state index in [1.165, 1.54) is 0 Å². The van der Waals surface area contributed by atoms with Crippen LogP contribution in [0, 0.1) is 0 Å². The van der Waals surface area contributed by atoms with Crippen molar-refractivity contribution in [3.63, 3.8) is 0 Å². The molecule has 1 amide bonds. The summed E-state index contributed by atoms with van der Waals surface area (Å²) in [7, 11) is 0. The largest absolute Gasteiger partial charge is 0.444 e. The van der Waals surface area contributed by atoms with Crippen molar-refractivity contribution >= 4 is 6.09 Å². The molecule has 0 aromatic heterocycles. The molecule has 4 heteroatoms. The maximum absolute atomic E-state index is 11.0. The van der Waals surface area contributed by atoms with Gasteiger partial charge in [-0.05, 0) is 27.3 Å². The minimum Gasteiger partial charge on any atom is -0.444 e. The molecule has 0 aromatic carbocycles. The standard InChI is InChI=1S/C8H18N2O2/c1-5-9-6-10-7(11)12-8(2,3)4/h9H,5-6H2,1-4H3,(H,10,11). The van der Waals surface area contributed by atoms with Crippen molar-refractivity contribution in [2.45, 2.75) is 33.3 Å². The predicted molar refractivity (Wildman–Crippen MR) is 47.9 cm³/mol. The monoisotopic (exact) mass is 174 g/mol. The molecule has 0 unspecified atom stereocenters. The average molecular weight is 174 g/mol. The van der Waals surface area contributed by atoms with Gasteiger partial charge in [0, 0.05) is 0 Å². The van der Waals surface area contributed by atoms with Gasteiger partial charge in [0.05, 0.1) is 6.67 Å². The third-order valence-corrected chi connectivity index (χ3v) is 1.01. The van der Waals surface area contributed by atoms with Gasteiger partial charge in [-0.25, -0.2) is 4.79 Å². The minimum atomic E-state index is -0.420. The summed E-state index contributed by atoms with van der Waals surface area (Å²) in [5, 5.41) is 5.52. The van der Waals surface area contributed by atoms with Crippen molar-refractivity contribution in [2.75, 3.05) is 13.2 Å². The van der Waals surface area contributed by atoms with Gasteiger partial charge in [0.25, 0.3) is 0 Å². The van der Waals surface area contributed by atoms with Gasteiger partial charge in [-0.1, -0.05) is 6.92 Å². The van der Waals surface area contributed by atoms with E-state index in [1.807, 2.05) is 27.7 Å². The third kappa shape index (κ3) is 7.34. The molecule has 72 valence electrons. The maximum Gasteiger partial charge on any atom is 0.408 e. The Bertz CT molecular complexity index is 140. The molecule has 2 N–H and O–H groups in total. The Morgan fingerprint density at radius 2 is 2.00 bits per heavy atom. The summed E-state index contributed by atoms with van der Waals surface area (Å²) in [5.41, 5.74) is -0.420. The minimum absolute atomic E-state index is 0.386. The number of hydrogen-bond acceptors (Lipinski definition) is 3. The summed E-state index contributed by atoms with van der Waals surface area (Å²) in [6.45, 7) is 8.75. The van der Waals surface area contributed by atoms with E-state index in [0.717, 1.165) is 6.54 Å². The van der Waals surface area contributed by atoms with E-state index >= 15 is 0 Å². The van der Waals surface area contributed by atoms with Gasteiger partial charge in [-0.15, -0.1) is 0 Å². The maximum atomic E-state index is 11.0. The van der Waals surface area contributed by atoms with E-state index < -0.39 is 5.60 Å². The molecule has 0 fully saturated rings. The molecular weight excluding hydrogens is 156 g/mol. The van der Waals surface area contributed by atoms with E-state index in [1.54, 1.807) is 0 Å². The van der Waals surface area contributed by atoms with Crippen LogP contribution in [0.3, 0.4) is 0 Å². The summed E-state index contributed by atoms with van der Waals surface area (Å²) < 4.78 is 4.99. The number of alkyl carbamates (subject to hydrolysis) is 1. The summed E-state index contributed by atoms with van der Waals surface area (Å²) in [6, 6.07) is 0. The highest BCUT2D eigenvalue weighted by molar-refractivity contribution is 5.67. The van der Waals surface area contributed by atoms with Crippen LogP contribution in [0.2, 0.25) is 0 Å². The van der Waals surface area contributed by atoms with Crippen LogP contribution in [0.4, 0.5) is 4.79 Å². The fraction of sp³-hybridized carbons (Fsp3) is 0.875. The Labute approximate surface area is 73.7 Å². The van der Waals surface area contributed by atoms with Crippen LogP contribution in [0.1, 0.15) is 27.7 Å². The second-order valence-corrected chi connectivity index (χ2v) is 3.46. The lowest BCUT2D eigenvalue weighted by Crippen LogP contribution is -2.37. The zero-order valence-electron chi connectivity index (χ0n) is 8.23. The van der Waals surface area contributed by atoms with Crippen LogP contribution >= 0.6 is 0 Å². The van der Waals surface area contributed by atoms with Crippen molar-refractivity contribution in [3.05, 3.63) is 0 Å². The average Bonchev–Trinajstić information content (AvgIpc) is 1.84. The number of nitrogens with one attached hydrogen (secondary N) is 2. The van der Waals surface area contributed by atoms with Gasteiger partial charge < -0.3 is 15.4 Å². The molecule has 0 radical (unpaired) electrons. The van der Waals surface area contributed by atoms with Gasteiger partial charge in [-0.2, -0.15) is 0 Å². The lowest BCUT2D eigenvalue weighted by atomic mass is 10.2. The molecule has 0 saturated carbocycles. The number of carbonyl (C=O) groups excluding carboxylic acids is 1. The van der Waals surface area contributed by atoms with Crippen molar-refractivity contribution in [2.24, 2.45) is 0 Å². The highest BCUT2D eigenvalue weighted by Gasteiger charge is 2.14. The van der Waals surface area contributed by atoms with Crippen molar-refractivity contribution < 1.29 is 9.53 Å². The first-order valence-electron chi connectivity index (χ1n) is 4.13. The lowest BCUT2D eigenvalue weighted by Gasteiger charge is -2.19. The molecule has 0 rings (SSSR count). The molecular formula is C8H18N2O2. The van der Waals surface area contributed by atoms with E-state index in [-0.39, 0.29) is 6.09 Å². The Morgan fingerprint density at radius 3 is 2.42 bits per heavy atom. The Morgan fingerprint density at radius 1 is 1.42 bits per heavy atom. The molecule has 0 bridgehead atoms. The molecule has 0 heterocycles. The Hall–Kier alpha value is -0.770. The van der Waals surface area contributed by atoms with Crippen LogP contribution in [-0.4, -0.2) is 24.9 Å². The SMILES string of the molecule is CCNCNC(=O)OC(C)(C)C. The fourth-order valence-corrected chi connectivity index (χ4v) is 0.574. The van der Waals surface area contributed by atoms with E-state index in [0.29, 0.717) is 6.67 Å². The van der Waals surface area contributed by atoms with Crippen LogP contribution in [0.5, 0.6) is 0 Å². The summed E-state index contributed by atoms with van der Waals surface area (Å²) in [6.07, 6.45) is -0.386. The van der Waals surface area contributed by atoms with E-state index in [2.05, 4.69) is 10.6 Å². The molecule has 0 atom stereocenters. The summed E-state index contributed by atoms with van der Waals surface area (Å²) in [4.78, 5) is 11.0. The molecule has 0 aromatic rings. The molecule has 12 heavy (non-hydrogen) atoms. The molecule has 4 nitrogen and oxygen atoms in total. The Kier molecular flexibility index (Phi) is 4.66. The summed E-state index contributed by atoms with van der Waals surface area (Å²) in [5.74, 6) is 0. The van der Waals surface area contributed by atoms with E-state index in [9.17, 15) is 4.79 Å². The quantitative estimate of drug-likeness (QED) is 0.497. The third-order valence-electron chi connectivity index (χ3n) is 1.01. The normalized spacial score (nSPS) is 11.0. The van der Waals surface area contributed by atoms with Gasteiger partial charge in [-0.3, -0.25) is 0 Å². The predicted octanol–water partition coefficient (Wildman–Crippen LogP) is 1.08. The number of rotatable bonds is 3. The second kappa shape index (κ2) is 4.98. The number of ether oxygens (including phenoxy) is 1. The van der Waals surface area contributed by atoms with Crippen LogP contribution < -0.4 is 10.6 Å². The van der Waals surface area contributed by atoms with Crippen molar-refractivity contribution in [3.8, 4) is 0 Å². The highest BCUT2D eigenvalue weighted by atomic mass is 16.6. The zero-order chi connectivity index (χ0) is 9.61. The molecule has 0 saturated heterocycles. The van der Waals surface area contributed by atoms with Gasteiger partial charge in [0.1, 0.15) is 5.60 Å². The van der Waals surface area contributed by atoms with Crippen LogP contribution in [-0.2, 0) is 4.74 Å². The van der Waals surface area contributed by atoms with Crippen molar-refractivity contribution in [1.82, 2.24) is 10.6 Å². The molecule has 0 aliphatic rings. The zero-order valence-corrected chi connectivity index (χ0v) is 8.23. The number of amides is 1. The first-order chi connectivity index (χ1) is 5.45. The molecule has 0 aliphatic heterocycles. The van der Waals surface area contributed by atoms with Crippen LogP contribution in [0.25, 0.3) is 0 Å². The van der Waals surface area contributed by atoms with Gasteiger partial charge in [0.15, 0.2) is 0 Å². The first-order valence-corrected chi connectivity index (χ1v) is 4.13. The number of hydrogen-bond donors (Lipinski definition) is 2. The summed E-state index contributed by atoms with van der Waals surface area (Å²) >= 11 is 0. The van der Waals surface area contributed by atoms with E-state index in [4.69, 9.17) is 4.74 Å². The number of carbonyl (C=O) groups is 1. The van der Waals surface area contributed by atoms with Gasteiger partial charge >= 0.3 is 6.09 Å². The highest BCUT2D eigenvalue weighted by Crippen LogP contribution is 2.05. The van der Waals surface area contributed by atoms with Crippen LogP contribution in [0.15, 0.2) is 0 Å². The van der Waals surface area contributed by atoms with Gasteiger partial charge in [0.2, 0.25) is 0 Å². The lowest BCUT2D eigenvalue weighted by molar-refractivity contribution is 0.0524. The second-order valence-electron chi connectivity index (χ2n) is 3.46.